The smallest absolute Gasteiger partial charge is 0.131 e. The Kier molecular flexibility index (Phi) is 4.40. The Morgan fingerprint density at radius 1 is 1.38 bits per heavy atom. The highest BCUT2D eigenvalue weighted by molar-refractivity contribution is 5.70. The molecule has 0 saturated heterocycles. The standard InChI is InChI=1S/C10H21NO2/c1-6-7-11(4,5)9(8(2)3)10(12)13/h8-9H,6-7H2,1-5H3. The fourth-order valence-corrected chi connectivity index (χ4v) is 2.08. The number of nitrogens with zero attached hydrogens (tertiary/aromatic N) is 1. The van der Waals surface area contributed by atoms with E-state index in [0.29, 0.717) is 4.48 Å². The highest BCUT2D eigenvalue weighted by Gasteiger charge is 2.31. The third-order valence-electron chi connectivity index (χ3n) is 2.43. The van der Waals surface area contributed by atoms with E-state index in [9.17, 15) is 9.90 Å². The molecular formula is C10H21NO2. The average Bonchev–Trinajstić information content (AvgIpc) is 1.82. The molecular weight excluding hydrogens is 166 g/mol. The van der Waals surface area contributed by atoms with Gasteiger partial charge in [0.05, 0.1) is 26.6 Å². The molecule has 1 atom stereocenters. The van der Waals surface area contributed by atoms with Gasteiger partial charge in [0, 0.05) is 5.92 Å². The summed E-state index contributed by atoms with van der Waals surface area (Å²) in [5.41, 5.74) is 0. The van der Waals surface area contributed by atoms with Crippen molar-refractivity contribution in [2.75, 3.05) is 20.6 Å². The number of aliphatic carboxylic acids is 1. The summed E-state index contributed by atoms with van der Waals surface area (Å²) in [6.45, 7) is 6.79. The van der Waals surface area contributed by atoms with Crippen molar-refractivity contribution in [3.63, 3.8) is 0 Å². The molecule has 0 aliphatic carbocycles. The fourth-order valence-electron chi connectivity index (χ4n) is 2.08. The first-order chi connectivity index (χ1) is 5.83. The summed E-state index contributed by atoms with van der Waals surface area (Å²) in [6, 6.07) is -0.403. The Morgan fingerprint density at radius 3 is 2.08 bits per heavy atom. The molecule has 0 aliphatic rings. The van der Waals surface area contributed by atoms with Crippen molar-refractivity contribution in [1.29, 1.82) is 0 Å². The van der Waals surface area contributed by atoms with Gasteiger partial charge in [-0.3, -0.25) is 0 Å². The van der Waals surface area contributed by atoms with Crippen LogP contribution >= 0.6 is 0 Å². The Morgan fingerprint density at radius 2 is 1.85 bits per heavy atom. The quantitative estimate of drug-likeness (QED) is 0.579. The molecule has 3 heteroatoms. The second kappa shape index (κ2) is 4.61. The van der Waals surface area contributed by atoms with Gasteiger partial charge in [0.2, 0.25) is 0 Å². The van der Waals surface area contributed by atoms with E-state index < -0.39 is 12.0 Å². The first-order valence-corrected chi connectivity index (χ1v) is 4.86. The predicted octanol–water partition coefficient (Wildman–Crippen LogP) is 0.247. The monoisotopic (exact) mass is 187 g/mol. The Labute approximate surface area is 80.9 Å². The molecule has 0 N–H and O–H groups in total. The summed E-state index contributed by atoms with van der Waals surface area (Å²) < 4.78 is 0.510. The van der Waals surface area contributed by atoms with Crippen LogP contribution in [0.3, 0.4) is 0 Å². The van der Waals surface area contributed by atoms with Crippen molar-refractivity contribution in [3.8, 4) is 0 Å². The summed E-state index contributed by atoms with van der Waals surface area (Å²) in [5, 5.41) is 10.9. The zero-order valence-electron chi connectivity index (χ0n) is 9.33. The first-order valence-electron chi connectivity index (χ1n) is 4.86. The number of hydrogen-bond donors (Lipinski definition) is 0. The lowest BCUT2D eigenvalue weighted by atomic mass is 10.0. The van der Waals surface area contributed by atoms with Crippen LogP contribution in [0.15, 0.2) is 0 Å². The van der Waals surface area contributed by atoms with Crippen molar-refractivity contribution >= 4 is 5.97 Å². The molecule has 0 bridgehead atoms. The molecule has 0 aromatic heterocycles. The van der Waals surface area contributed by atoms with Crippen molar-refractivity contribution in [2.24, 2.45) is 5.92 Å². The highest BCUT2D eigenvalue weighted by atomic mass is 16.4. The van der Waals surface area contributed by atoms with Crippen LogP contribution in [-0.2, 0) is 4.79 Å². The predicted molar refractivity (Wildman–Crippen MR) is 50.9 cm³/mol. The molecule has 0 aromatic rings. The molecule has 13 heavy (non-hydrogen) atoms. The molecule has 78 valence electrons. The molecule has 0 aliphatic heterocycles. The van der Waals surface area contributed by atoms with Gasteiger partial charge in [-0.1, -0.05) is 20.8 Å². The van der Waals surface area contributed by atoms with Crippen molar-refractivity contribution in [1.82, 2.24) is 0 Å². The lowest BCUT2D eigenvalue weighted by Gasteiger charge is -2.40. The number of carboxylic acids is 1. The van der Waals surface area contributed by atoms with Crippen LogP contribution in [0.25, 0.3) is 0 Å². The highest BCUT2D eigenvalue weighted by Crippen LogP contribution is 2.15. The van der Waals surface area contributed by atoms with Gasteiger partial charge in [-0.25, -0.2) is 0 Å². The Bertz CT molecular complexity index is 176. The zero-order chi connectivity index (χ0) is 10.6. The largest absolute Gasteiger partial charge is 0.544 e. The summed E-state index contributed by atoms with van der Waals surface area (Å²) in [6.07, 6.45) is 0.990. The molecule has 3 nitrogen and oxygen atoms in total. The second-order valence-electron chi connectivity index (χ2n) is 4.51. The van der Waals surface area contributed by atoms with E-state index in [1.54, 1.807) is 0 Å². The number of carbonyl (C=O) groups is 1. The van der Waals surface area contributed by atoms with Gasteiger partial charge in [-0.05, 0) is 6.42 Å². The van der Waals surface area contributed by atoms with Crippen LogP contribution in [0.5, 0.6) is 0 Å². The van der Waals surface area contributed by atoms with Crippen molar-refractivity contribution in [3.05, 3.63) is 0 Å². The lowest BCUT2D eigenvalue weighted by Crippen LogP contribution is -2.59. The lowest BCUT2D eigenvalue weighted by molar-refractivity contribution is -0.912. The summed E-state index contributed by atoms with van der Waals surface area (Å²) in [5.74, 6) is -0.819. The number of quaternary nitrogens is 1. The minimum absolute atomic E-state index is 0.117. The van der Waals surface area contributed by atoms with Gasteiger partial charge in [-0.15, -0.1) is 0 Å². The number of rotatable bonds is 5. The van der Waals surface area contributed by atoms with E-state index in [4.69, 9.17) is 0 Å². The van der Waals surface area contributed by atoms with E-state index in [1.165, 1.54) is 0 Å². The van der Waals surface area contributed by atoms with E-state index in [1.807, 2.05) is 27.9 Å². The third kappa shape index (κ3) is 3.35. The number of likely N-dealkylation sites (N-methyl/N-ethyl adjacent to an activating group) is 1. The van der Waals surface area contributed by atoms with E-state index in [0.717, 1.165) is 13.0 Å². The molecule has 0 heterocycles. The minimum atomic E-state index is -0.937. The van der Waals surface area contributed by atoms with Crippen LogP contribution in [0.1, 0.15) is 27.2 Å². The normalized spacial score (nSPS) is 14.6. The first kappa shape index (κ1) is 12.4. The van der Waals surface area contributed by atoms with Crippen molar-refractivity contribution < 1.29 is 14.4 Å². The van der Waals surface area contributed by atoms with E-state index >= 15 is 0 Å². The second-order valence-corrected chi connectivity index (χ2v) is 4.51. The number of carboxylic acid groups (broad SMARTS) is 1. The van der Waals surface area contributed by atoms with Gasteiger partial charge in [0.1, 0.15) is 6.04 Å². The van der Waals surface area contributed by atoms with Gasteiger partial charge in [0.15, 0.2) is 0 Å². The fraction of sp³-hybridized carbons (Fsp3) is 0.900. The van der Waals surface area contributed by atoms with Crippen LogP contribution in [0.2, 0.25) is 0 Å². The van der Waals surface area contributed by atoms with Gasteiger partial charge >= 0.3 is 0 Å². The zero-order valence-corrected chi connectivity index (χ0v) is 9.33. The minimum Gasteiger partial charge on any atom is -0.544 e. The number of carbonyl (C=O) groups excluding carboxylic acids is 1. The Balaban J connectivity index is 4.62. The maximum atomic E-state index is 10.9. The molecule has 0 spiro atoms. The van der Waals surface area contributed by atoms with E-state index in [2.05, 4.69) is 6.92 Å². The molecule has 0 aromatic carbocycles. The SMILES string of the molecule is CCC[N+](C)(C)C(C(=O)[O-])C(C)C. The van der Waals surface area contributed by atoms with Gasteiger partial charge < -0.3 is 14.4 Å². The van der Waals surface area contributed by atoms with Crippen molar-refractivity contribution in [2.45, 2.75) is 33.2 Å². The molecule has 0 amide bonds. The summed E-state index contributed by atoms with van der Waals surface area (Å²) >= 11 is 0. The third-order valence-corrected chi connectivity index (χ3v) is 2.43. The molecule has 1 unspecified atom stereocenters. The van der Waals surface area contributed by atoms with Crippen LogP contribution in [0.4, 0.5) is 0 Å². The van der Waals surface area contributed by atoms with E-state index in [-0.39, 0.29) is 5.92 Å². The maximum absolute atomic E-state index is 10.9. The molecule has 0 fully saturated rings. The van der Waals surface area contributed by atoms with Gasteiger partial charge in [0.25, 0.3) is 0 Å². The average molecular weight is 187 g/mol. The van der Waals surface area contributed by atoms with Gasteiger partial charge in [-0.2, -0.15) is 0 Å². The topological polar surface area (TPSA) is 40.1 Å². The summed E-state index contributed by atoms with van der Waals surface area (Å²) in [4.78, 5) is 10.9. The Hall–Kier alpha value is -0.570. The summed E-state index contributed by atoms with van der Waals surface area (Å²) in [7, 11) is 3.90. The molecule has 0 rings (SSSR count). The molecule has 0 saturated carbocycles. The number of hydrogen-bond acceptors (Lipinski definition) is 2. The van der Waals surface area contributed by atoms with Crippen LogP contribution in [0, 0.1) is 5.92 Å². The van der Waals surface area contributed by atoms with Crippen LogP contribution in [-0.4, -0.2) is 37.1 Å². The maximum Gasteiger partial charge on any atom is 0.131 e. The van der Waals surface area contributed by atoms with Crippen LogP contribution < -0.4 is 5.11 Å². The molecule has 0 radical (unpaired) electrons.